The average molecular weight is 384 g/mol. The van der Waals surface area contributed by atoms with Gasteiger partial charge in [0, 0.05) is 43.2 Å². The number of aromatic nitrogens is 3. The molecule has 0 fully saturated rings. The Kier molecular flexibility index (Phi) is 4.66. The lowest BCUT2D eigenvalue weighted by molar-refractivity contribution is 0.206. The molecule has 4 aromatic rings. The van der Waals surface area contributed by atoms with Gasteiger partial charge in [-0.15, -0.1) is 0 Å². The Morgan fingerprint density at radius 2 is 1.59 bits per heavy atom. The molecule has 4 nitrogen and oxygen atoms in total. The molecule has 1 aliphatic heterocycles. The molecule has 0 bridgehead atoms. The molecule has 5 heteroatoms. The van der Waals surface area contributed by atoms with Crippen molar-refractivity contribution in [3.05, 3.63) is 96.2 Å². The second-order valence-corrected chi connectivity index (χ2v) is 7.33. The Hall–Kier alpha value is -3.31. The first-order chi connectivity index (χ1) is 14.3. The zero-order valence-electron chi connectivity index (χ0n) is 16.0. The molecule has 3 heterocycles. The predicted molar refractivity (Wildman–Crippen MR) is 111 cm³/mol. The molecule has 2 aromatic carbocycles. The van der Waals surface area contributed by atoms with Crippen LogP contribution in [0, 0.1) is 5.82 Å². The molecule has 0 N–H and O–H groups in total. The highest BCUT2D eigenvalue weighted by atomic mass is 19.1. The van der Waals surface area contributed by atoms with Crippen LogP contribution in [0.5, 0.6) is 0 Å². The molecular formula is C24H21FN4. The Bertz CT molecular complexity index is 1110. The van der Waals surface area contributed by atoms with Crippen molar-refractivity contribution in [2.45, 2.75) is 19.6 Å². The standard InChI is InChI=1S/C24H21FN4/c25-21-8-6-20(7-9-21)24-23(19-10-12-26-13-11-19)22-17-28(14-15-29(22)27-24)16-18-4-2-1-3-5-18/h1-13H,14-17H2. The number of hydrogen-bond acceptors (Lipinski definition) is 3. The molecular weight excluding hydrogens is 363 g/mol. The monoisotopic (exact) mass is 384 g/mol. The van der Waals surface area contributed by atoms with E-state index in [9.17, 15) is 4.39 Å². The Balaban J connectivity index is 1.56. The zero-order valence-corrected chi connectivity index (χ0v) is 16.0. The first kappa shape index (κ1) is 17.8. The minimum absolute atomic E-state index is 0.239. The highest BCUT2D eigenvalue weighted by Gasteiger charge is 2.25. The molecule has 0 aliphatic carbocycles. The summed E-state index contributed by atoms with van der Waals surface area (Å²) in [5.41, 5.74) is 6.52. The third-order valence-corrected chi connectivity index (χ3v) is 5.39. The van der Waals surface area contributed by atoms with Gasteiger partial charge in [0.1, 0.15) is 11.5 Å². The van der Waals surface area contributed by atoms with Gasteiger partial charge in [-0.25, -0.2) is 4.39 Å². The summed E-state index contributed by atoms with van der Waals surface area (Å²) in [5, 5.41) is 4.92. The van der Waals surface area contributed by atoms with Crippen molar-refractivity contribution in [1.82, 2.24) is 19.7 Å². The Morgan fingerprint density at radius 1 is 0.828 bits per heavy atom. The van der Waals surface area contributed by atoms with Gasteiger partial charge in [0.2, 0.25) is 0 Å². The van der Waals surface area contributed by atoms with Crippen molar-refractivity contribution in [2.24, 2.45) is 0 Å². The molecule has 0 amide bonds. The van der Waals surface area contributed by atoms with Gasteiger partial charge >= 0.3 is 0 Å². The van der Waals surface area contributed by atoms with E-state index in [-0.39, 0.29) is 5.82 Å². The highest BCUT2D eigenvalue weighted by Crippen LogP contribution is 2.36. The average Bonchev–Trinajstić information content (AvgIpc) is 3.14. The van der Waals surface area contributed by atoms with Gasteiger partial charge < -0.3 is 0 Å². The second-order valence-electron chi connectivity index (χ2n) is 7.33. The van der Waals surface area contributed by atoms with E-state index < -0.39 is 0 Å². The van der Waals surface area contributed by atoms with E-state index in [1.807, 2.05) is 18.2 Å². The number of nitrogens with zero attached hydrogens (tertiary/aromatic N) is 4. The minimum atomic E-state index is -0.239. The number of pyridine rings is 1. The normalized spacial score (nSPS) is 14.0. The summed E-state index contributed by atoms with van der Waals surface area (Å²) in [6.07, 6.45) is 3.61. The van der Waals surface area contributed by atoms with Crippen molar-refractivity contribution in [3.63, 3.8) is 0 Å². The summed E-state index contributed by atoms with van der Waals surface area (Å²) in [6.45, 7) is 3.51. The van der Waals surface area contributed by atoms with Crippen LogP contribution in [-0.4, -0.2) is 26.2 Å². The third-order valence-electron chi connectivity index (χ3n) is 5.39. The number of rotatable bonds is 4. The van der Waals surface area contributed by atoms with E-state index in [0.717, 1.165) is 48.6 Å². The Labute approximate surface area is 169 Å². The highest BCUT2D eigenvalue weighted by molar-refractivity contribution is 5.82. The molecule has 0 atom stereocenters. The molecule has 0 unspecified atom stereocenters. The van der Waals surface area contributed by atoms with Crippen molar-refractivity contribution >= 4 is 0 Å². The molecule has 0 saturated heterocycles. The maximum Gasteiger partial charge on any atom is 0.123 e. The van der Waals surface area contributed by atoms with Gasteiger partial charge in [-0.05, 0) is 47.5 Å². The van der Waals surface area contributed by atoms with Crippen LogP contribution in [0.1, 0.15) is 11.3 Å². The van der Waals surface area contributed by atoms with Crippen molar-refractivity contribution in [1.29, 1.82) is 0 Å². The lowest BCUT2D eigenvalue weighted by Crippen LogP contribution is -2.33. The second kappa shape index (κ2) is 7.60. The maximum atomic E-state index is 13.5. The summed E-state index contributed by atoms with van der Waals surface area (Å²) in [5.74, 6) is -0.239. The van der Waals surface area contributed by atoms with Gasteiger partial charge in [0.15, 0.2) is 0 Å². The predicted octanol–water partition coefficient (Wildman–Crippen LogP) is 4.77. The fraction of sp³-hybridized carbons (Fsp3) is 0.167. The molecule has 2 aromatic heterocycles. The van der Waals surface area contributed by atoms with E-state index >= 15 is 0 Å². The van der Waals surface area contributed by atoms with Crippen LogP contribution in [0.15, 0.2) is 79.1 Å². The van der Waals surface area contributed by atoms with Crippen molar-refractivity contribution < 1.29 is 4.39 Å². The molecule has 0 saturated carbocycles. The quantitative estimate of drug-likeness (QED) is 0.508. The van der Waals surface area contributed by atoms with E-state index in [4.69, 9.17) is 5.10 Å². The van der Waals surface area contributed by atoms with Gasteiger partial charge in [-0.2, -0.15) is 5.10 Å². The van der Waals surface area contributed by atoms with Crippen LogP contribution in [0.2, 0.25) is 0 Å². The van der Waals surface area contributed by atoms with E-state index in [1.54, 1.807) is 24.5 Å². The lowest BCUT2D eigenvalue weighted by Gasteiger charge is -2.28. The number of benzene rings is 2. The maximum absolute atomic E-state index is 13.5. The topological polar surface area (TPSA) is 34.0 Å². The van der Waals surface area contributed by atoms with E-state index in [2.05, 4.69) is 38.8 Å². The first-order valence-electron chi connectivity index (χ1n) is 9.80. The fourth-order valence-corrected chi connectivity index (χ4v) is 3.98. The van der Waals surface area contributed by atoms with Gasteiger partial charge in [-0.3, -0.25) is 14.6 Å². The van der Waals surface area contributed by atoms with Crippen LogP contribution in [0.3, 0.4) is 0 Å². The van der Waals surface area contributed by atoms with E-state index in [0.29, 0.717) is 0 Å². The lowest BCUT2D eigenvalue weighted by atomic mass is 9.99. The SMILES string of the molecule is Fc1ccc(-c2nn3c(c2-c2ccncc2)CN(Cc2ccccc2)CC3)cc1. The van der Waals surface area contributed by atoms with Gasteiger partial charge in [0.05, 0.1) is 12.2 Å². The number of halogens is 1. The molecule has 5 rings (SSSR count). The van der Waals surface area contributed by atoms with Crippen molar-refractivity contribution in [3.8, 4) is 22.4 Å². The molecule has 144 valence electrons. The van der Waals surface area contributed by atoms with Crippen LogP contribution < -0.4 is 0 Å². The molecule has 29 heavy (non-hydrogen) atoms. The largest absolute Gasteiger partial charge is 0.291 e. The molecule has 1 aliphatic rings. The Morgan fingerprint density at radius 3 is 2.34 bits per heavy atom. The number of hydrogen-bond donors (Lipinski definition) is 0. The van der Waals surface area contributed by atoms with Crippen molar-refractivity contribution in [2.75, 3.05) is 6.54 Å². The first-order valence-corrected chi connectivity index (χ1v) is 9.80. The van der Waals surface area contributed by atoms with Crippen LogP contribution in [0.4, 0.5) is 4.39 Å². The van der Waals surface area contributed by atoms with Gasteiger partial charge in [-0.1, -0.05) is 30.3 Å². The fourth-order valence-electron chi connectivity index (χ4n) is 3.98. The van der Waals surface area contributed by atoms with E-state index in [1.165, 1.54) is 23.4 Å². The zero-order chi connectivity index (χ0) is 19.6. The number of fused-ring (bicyclic) bond motifs is 1. The minimum Gasteiger partial charge on any atom is -0.291 e. The molecule has 0 spiro atoms. The van der Waals surface area contributed by atoms with Crippen LogP contribution in [-0.2, 0) is 19.6 Å². The van der Waals surface area contributed by atoms with Gasteiger partial charge in [0.25, 0.3) is 0 Å². The summed E-state index contributed by atoms with van der Waals surface area (Å²) >= 11 is 0. The summed E-state index contributed by atoms with van der Waals surface area (Å²) in [4.78, 5) is 6.61. The third kappa shape index (κ3) is 3.57. The summed E-state index contributed by atoms with van der Waals surface area (Å²) in [6, 6.07) is 21.2. The summed E-state index contributed by atoms with van der Waals surface area (Å²) < 4.78 is 15.6. The molecule has 0 radical (unpaired) electrons. The van der Waals surface area contributed by atoms with Crippen LogP contribution in [0.25, 0.3) is 22.4 Å². The van der Waals surface area contributed by atoms with Crippen LogP contribution >= 0.6 is 0 Å². The summed E-state index contributed by atoms with van der Waals surface area (Å²) in [7, 11) is 0. The smallest absolute Gasteiger partial charge is 0.123 e.